The Morgan fingerprint density at radius 1 is 0.864 bits per heavy atom. The molecule has 3 aromatic rings. The highest BCUT2D eigenvalue weighted by Crippen LogP contribution is 2.21. The zero-order valence-electron chi connectivity index (χ0n) is 12.7. The summed E-state index contributed by atoms with van der Waals surface area (Å²) in [5, 5.41) is 2.52. The number of ether oxygens (including phenoxy) is 2. The highest BCUT2D eigenvalue weighted by atomic mass is 16.5. The van der Waals surface area contributed by atoms with Crippen molar-refractivity contribution in [2.24, 2.45) is 0 Å². The number of nitrogens with zero attached hydrogens (tertiary/aromatic N) is 2. The van der Waals surface area contributed by atoms with Gasteiger partial charge >= 0.3 is 0 Å². The molecule has 1 heterocycles. The summed E-state index contributed by atoms with van der Waals surface area (Å²) in [6.07, 6.45) is 3.46. The standard InChI is InChI=1S/C18H18N2O2/c1-21-17-18(22-2)20-16(12-19-17)10-8-13-7-9-14-5-3-4-6-15(14)11-13/h3-7,9,11-12H,8,10H2,1-2H3. The molecule has 0 fully saturated rings. The summed E-state index contributed by atoms with van der Waals surface area (Å²) >= 11 is 0. The molecule has 1 aromatic heterocycles. The number of benzene rings is 2. The molecule has 0 spiro atoms. The van der Waals surface area contributed by atoms with Crippen molar-refractivity contribution in [2.75, 3.05) is 14.2 Å². The Morgan fingerprint density at radius 2 is 1.64 bits per heavy atom. The lowest BCUT2D eigenvalue weighted by Gasteiger charge is -2.07. The Morgan fingerprint density at radius 3 is 2.41 bits per heavy atom. The lowest BCUT2D eigenvalue weighted by atomic mass is 10.0. The van der Waals surface area contributed by atoms with Gasteiger partial charge < -0.3 is 9.47 Å². The number of aryl methyl sites for hydroxylation is 2. The molecule has 0 amide bonds. The minimum Gasteiger partial charge on any atom is -0.477 e. The number of aromatic nitrogens is 2. The van der Waals surface area contributed by atoms with Crippen LogP contribution in [0.5, 0.6) is 11.8 Å². The van der Waals surface area contributed by atoms with E-state index in [1.165, 1.54) is 16.3 Å². The molecule has 0 N–H and O–H groups in total. The summed E-state index contributed by atoms with van der Waals surface area (Å²) in [6.45, 7) is 0. The van der Waals surface area contributed by atoms with E-state index in [4.69, 9.17) is 9.47 Å². The predicted octanol–water partition coefficient (Wildman–Crippen LogP) is 3.43. The second-order valence-corrected chi connectivity index (χ2v) is 5.06. The average molecular weight is 294 g/mol. The van der Waals surface area contributed by atoms with E-state index in [0.717, 1.165) is 18.5 Å². The largest absolute Gasteiger partial charge is 0.477 e. The van der Waals surface area contributed by atoms with E-state index >= 15 is 0 Å². The van der Waals surface area contributed by atoms with Gasteiger partial charge in [-0.3, -0.25) is 0 Å². The molecule has 0 saturated carbocycles. The van der Waals surface area contributed by atoms with Gasteiger partial charge in [0.25, 0.3) is 11.8 Å². The zero-order chi connectivity index (χ0) is 15.4. The Balaban J connectivity index is 1.76. The molecule has 4 heteroatoms. The normalized spacial score (nSPS) is 10.6. The van der Waals surface area contributed by atoms with Crippen LogP contribution in [0.15, 0.2) is 48.7 Å². The van der Waals surface area contributed by atoms with E-state index in [9.17, 15) is 0 Å². The van der Waals surface area contributed by atoms with Gasteiger partial charge in [-0.25, -0.2) is 9.97 Å². The fourth-order valence-electron chi connectivity index (χ4n) is 2.46. The van der Waals surface area contributed by atoms with Crippen LogP contribution in [0.4, 0.5) is 0 Å². The molecule has 0 aliphatic rings. The van der Waals surface area contributed by atoms with Crippen molar-refractivity contribution in [2.45, 2.75) is 12.8 Å². The molecule has 0 saturated heterocycles. The topological polar surface area (TPSA) is 44.2 Å². The van der Waals surface area contributed by atoms with Crippen LogP contribution in [0.3, 0.4) is 0 Å². The number of hydrogen-bond donors (Lipinski definition) is 0. The molecule has 0 aliphatic heterocycles. The van der Waals surface area contributed by atoms with Gasteiger partial charge in [0.15, 0.2) is 0 Å². The predicted molar refractivity (Wildman–Crippen MR) is 86.5 cm³/mol. The minimum absolute atomic E-state index is 0.414. The lowest BCUT2D eigenvalue weighted by molar-refractivity contribution is 0.330. The summed E-state index contributed by atoms with van der Waals surface area (Å²) < 4.78 is 10.3. The van der Waals surface area contributed by atoms with Crippen LogP contribution in [0.25, 0.3) is 10.8 Å². The number of methoxy groups -OCH3 is 2. The second kappa shape index (κ2) is 6.43. The van der Waals surface area contributed by atoms with E-state index < -0.39 is 0 Å². The zero-order valence-corrected chi connectivity index (χ0v) is 12.7. The maximum Gasteiger partial charge on any atom is 0.278 e. The molecular weight excluding hydrogens is 276 g/mol. The van der Waals surface area contributed by atoms with Crippen LogP contribution >= 0.6 is 0 Å². The van der Waals surface area contributed by atoms with Gasteiger partial charge in [0, 0.05) is 0 Å². The average Bonchev–Trinajstić information content (AvgIpc) is 2.59. The molecule has 0 atom stereocenters. The third-order valence-electron chi connectivity index (χ3n) is 3.63. The second-order valence-electron chi connectivity index (χ2n) is 5.06. The molecule has 0 unspecified atom stereocenters. The Bertz CT molecular complexity index is 787. The SMILES string of the molecule is COc1ncc(CCc2ccc3ccccc3c2)nc1OC. The first-order valence-corrected chi connectivity index (χ1v) is 7.21. The van der Waals surface area contributed by atoms with Gasteiger partial charge in [0.2, 0.25) is 0 Å². The van der Waals surface area contributed by atoms with E-state index in [0.29, 0.717) is 11.8 Å². The van der Waals surface area contributed by atoms with E-state index in [1.807, 2.05) is 0 Å². The molecular formula is C18H18N2O2. The first-order valence-electron chi connectivity index (χ1n) is 7.21. The monoisotopic (exact) mass is 294 g/mol. The van der Waals surface area contributed by atoms with Crippen molar-refractivity contribution in [1.29, 1.82) is 0 Å². The first kappa shape index (κ1) is 14.3. The lowest BCUT2D eigenvalue weighted by Crippen LogP contribution is -2.01. The summed E-state index contributed by atoms with van der Waals surface area (Å²) in [5.41, 5.74) is 2.18. The maximum absolute atomic E-state index is 5.19. The Kier molecular flexibility index (Phi) is 4.19. The van der Waals surface area contributed by atoms with Gasteiger partial charge in [-0.05, 0) is 29.2 Å². The van der Waals surface area contributed by atoms with E-state index in [1.54, 1.807) is 20.4 Å². The molecule has 2 aromatic carbocycles. The van der Waals surface area contributed by atoms with Crippen LogP contribution in [0.1, 0.15) is 11.3 Å². The summed E-state index contributed by atoms with van der Waals surface area (Å²) in [6, 6.07) is 14.9. The highest BCUT2D eigenvalue weighted by molar-refractivity contribution is 5.82. The van der Waals surface area contributed by atoms with E-state index in [-0.39, 0.29) is 0 Å². The summed E-state index contributed by atoms with van der Waals surface area (Å²) in [7, 11) is 3.13. The molecule has 112 valence electrons. The highest BCUT2D eigenvalue weighted by Gasteiger charge is 2.08. The number of fused-ring (bicyclic) bond motifs is 1. The molecule has 0 radical (unpaired) electrons. The van der Waals surface area contributed by atoms with Crippen LogP contribution in [-0.2, 0) is 12.8 Å². The molecule has 22 heavy (non-hydrogen) atoms. The van der Waals surface area contributed by atoms with Gasteiger partial charge in [-0.15, -0.1) is 0 Å². The van der Waals surface area contributed by atoms with Crippen molar-refractivity contribution in [3.05, 3.63) is 59.9 Å². The van der Waals surface area contributed by atoms with Crippen molar-refractivity contribution in [1.82, 2.24) is 9.97 Å². The van der Waals surface area contributed by atoms with Crippen molar-refractivity contribution in [3.63, 3.8) is 0 Å². The molecule has 4 nitrogen and oxygen atoms in total. The molecule has 3 rings (SSSR count). The Labute approximate surface area is 129 Å². The van der Waals surface area contributed by atoms with Crippen molar-refractivity contribution >= 4 is 10.8 Å². The van der Waals surface area contributed by atoms with Crippen LogP contribution in [-0.4, -0.2) is 24.2 Å². The number of rotatable bonds is 5. The van der Waals surface area contributed by atoms with E-state index in [2.05, 4.69) is 52.4 Å². The quantitative estimate of drug-likeness (QED) is 0.723. The first-order chi connectivity index (χ1) is 10.8. The van der Waals surface area contributed by atoms with Crippen LogP contribution in [0, 0.1) is 0 Å². The maximum atomic E-state index is 5.19. The fourth-order valence-corrected chi connectivity index (χ4v) is 2.46. The Hall–Kier alpha value is -2.62. The van der Waals surface area contributed by atoms with Crippen molar-refractivity contribution < 1.29 is 9.47 Å². The van der Waals surface area contributed by atoms with Gasteiger partial charge in [-0.2, -0.15) is 0 Å². The number of hydrogen-bond acceptors (Lipinski definition) is 4. The third-order valence-corrected chi connectivity index (χ3v) is 3.63. The molecule has 0 aliphatic carbocycles. The van der Waals surface area contributed by atoms with Crippen LogP contribution < -0.4 is 9.47 Å². The fraction of sp³-hybridized carbons (Fsp3) is 0.222. The van der Waals surface area contributed by atoms with Crippen LogP contribution in [0.2, 0.25) is 0 Å². The summed E-state index contributed by atoms with van der Waals surface area (Å²) in [4.78, 5) is 8.65. The van der Waals surface area contributed by atoms with Crippen molar-refractivity contribution in [3.8, 4) is 11.8 Å². The third kappa shape index (κ3) is 3.01. The van der Waals surface area contributed by atoms with Gasteiger partial charge in [0.1, 0.15) is 0 Å². The van der Waals surface area contributed by atoms with Gasteiger partial charge in [-0.1, -0.05) is 42.5 Å². The van der Waals surface area contributed by atoms with Gasteiger partial charge in [0.05, 0.1) is 26.1 Å². The smallest absolute Gasteiger partial charge is 0.278 e. The molecule has 0 bridgehead atoms. The summed E-state index contributed by atoms with van der Waals surface area (Å²) in [5.74, 6) is 0.843. The minimum atomic E-state index is 0.414.